The Labute approximate surface area is 136 Å². The van der Waals surface area contributed by atoms with Crippen molar-refractivity contribution in [1.29, 1.82) is 0 Å². The summed E-state index contributed by atoms with van der Waals surface area (Å²) in [5.74, 6) is -0.627. The maximum absolute atomic E-state index is 13.2. The van der Waals surface area contributed by atoms with E-state index in [4.69, 9.17) is 17.4 Å². The molecule has 1 amide bonds. The Balaban J connectivity index is 2.31. The first-order valence-corrected chi connectivity index (χ1v) is 7.26. The minimum Gasteiger partial charge on any atom is -0.350 e. The summed E-state index contributed by atoms with van der Waals surface area (Å²) in [6.07, 6.45) is -2.52. The van der Waals surface area contributed by atoms with Crippen molar-refractivity contribution in [2.45, 2.75) is 25.1 Å². The van der Waals surface area contributed by atoms with E-state index >= 15 is 0 Å². The summed E-state index contributed by atoms with van der Waals surface area (Å²) in [5, 5.41) is 8.66. The molecule has 0 spiro atoms. The Kier molecular flexibility index (Phi) is 5.06. The molecule has 1 fully saturated rings. The lowest BCUT2D eigenvalue weighted by molar-refractivity contribution is -0.138. The van der Waals surface area contributed by atoms with Gasteiger partial charge in [0.05, 0.1) is 5.56 Å². The first-order valence-electron chi connectivity index (χ1n) is 6.85. The van der Waals surface area contributed by atoms with Crippen molar-refractivity contribution in [1.82, 2.24) is 10.4 Å². The number of hydrogen-bond acceptors (Lipinski definition) is 3. The molecular weight excluding hydrogens is 329 g/mol. The average Bonchev–Trinajstić information content (AvgIpc) is 2.45. The van der Waals surface area contributed by atoms with Crippen LogP contribution in [0.5, 0.6) is 0 Å². The van der Waals surface area contributed by atoms with E-state index in [1.54, 1.807) is 0 Å². The van der Waals surface area contributed by atoms with E-state index in [0.717, 1.165) is 6.07 Å². The highest BCUT2D eigenvalue weighted by atomic mass is 32.1. The molecule has 0 aromatic heterocycles. The molecular formula is C15H15F3N2O2S. The second kappa shape index (κ2) is 6.67. The van der Waals surface area contributed by atoms with E-state index < -0.39 is 23.7 Å². The first-order chi connectivity index (χ1) is 10.8. The quantitative estimate of drug-likeness (QED) is 0.382. The summed E-state index contributed by atoms with van der Waals surface area (Å²) in [6, 6.07) is 3.21. The van der Waals surface area contributed by atoms with Gasteiger partial charge in [-0.3, -0.25) is 10.0 Å². The van der Waals surface area contributed by atoms with Gasteiger partial charge in [-0.05, 0) is 24.5 Å². The summed E-state index contributed by atoms with van der Waals surface area (Å²) in [4.78, 5) is 13.1. The molecule has 0 aliphatic carbocycles. The van der Waals surface area contributed by atoms with Crippen molar-refractivity contribution >= 4 is 23.1 Å². The third-order valence-electron chi connectivity index (χ3n) is 3.72. The number of carbonyl (C=O) groups excluding carboxylic acids is 1. The van der Waals surface area contributed by atoms with Crippen LogP contribution in [0.15, 0.2) is 30.9 Å². The number of thiocarbonyl (C=S) groups is 1. The molecule has 1 aliphatic rings. The normalized spacial score (nSPS) is 17.4. The van der Waals surface area contributed by atoms with Crippen LogP contribution in [0.4, 0.5) is 13.2 Å². The monoisotopic (exact) mass is 344 g/mol. The van der Waals surface area contributed by atoms with Crippen LogP contribution in [0.3, 0.4) is 0 Å². The molecule has 1 aromatic carbocycles. The van der Waals surface area contributed by atoms with Gasteiger partial charge in [-0.25, -0.2) is 5.48 Å². The Morgan fingerprint density at radius 3 is 2.70 bits per heavy atom. The lowest BCUT2D eigenvalue weighted by Crippen LogP contribution is -2.57. The fourth-order valence-electron chi connectivity index (χ4n) is 2.45. The second-order valence-electron chi connectivity index (χ2n) is 5.14. The van der Waals surface area contributed by atoms with Crippen molar-refractivity contribution in [3.8, 4) is 0 Å². The number of hydrogen-bond donors (Lipinski definition) is 2. The average molecular weight is 344 g/mol. The SMILES string of the molecule is C=CCc1ccc(C(=S)N2CC[C@@H]2C(=O)NO)cc1C(F)(F)F. The molecule has 1 atom stereocenters. The standard InChI is InChI=1S/C15H15F3N2O2S/c1-2-3-9-4-5-10(8-11(9)15(16,17)18)14(23)20-7-6-12(20)13(21)19-22/h2,4-5,8,12,22H,1,3,6-7H2,(H,19,21)/t12-/m1/s1. The molecule has 8 heteroatoms. The molecule has 1 saturated heterocycles. The van der Waals surface area contributed by atoms with Gasteiger partial charge in [-0.15, -0.1) is 6.58 Å². The number of benzene rings is 1. The second-order valence-corrected chi connectivity index (χ2v) is 5.53. The van der Waals surface area contributed by atoms with E-state index in [-0.39, 0.29) is 22.5 Å². The number of halogens is 3. The zero-order valence-electron chi connectivity index (χ0n) is 12.1. The Bertz CT molecular complexity index is 646. The number of alkyl halides is 3. The number of amides is 1. The Morgan fingerprint density at radius 2 is 2.22 bits per heavy atom. The van der Waals surface area contributed by atoms with Crippen molar-refractivity contribution < 1.29 is 23.2 Å². The van der Waals surface area contributed by atoms with Crippen molar-refractivity contribution in [3.05, 3.63) is 47.5 Å². The third-order valence-corrected chi connectivity index (χ3v) is 4.19. The molecule has 1 heterocycles. The highest BCUT2D eigenvalue weighted by Gasteiger charge is 2.37. The van der Waals surface area contributed by atoms with Crippen molar-refractivity contribution in [2.75, 3.05) is 6.54 Å². The van der Waals surface area contributed by atoms with Crippen molar-refractivity contribution in [3.63, 3.8) is 0 Å². The van der Waals surface area contributed by atoms with Crippen LogP contribution in [0.1, 0.15) is 23.1 Å². The van der Waals surface area contributed by atoms with Crippen LogP contribution in [-0.4, -0.2) is 33.6 Å². The maximum Gasteiger partial charge on any atom is 0.416 e. The predicted molar refractivity (Wildman–Crippen MR) is 82.1 cm³/mol. The summed E-state index contributed by atoms with van der Waals surface area (Å²) < 4.78 is 39.5. The summed E-state index contributed by atoms with van der Waals surface area (Å²) >= 11 is 5.21. The number of nitrogens with zero attached hydrogens (tertiary/aromatic N) is 1. The number of likely N-dealkylation sites (tertiary alicyclic amines) is 1. The number of allylic oxidation sites excluding steroid dienone is 1. The summed E-state index contributed by atoms with van der Waals surface area (Å²) in [7, 11) is 0. The number of carbonyl (C=O) groups is 1. The molecule has 124 valence electrons. The van der Waals surface area contributed by atoms with Gasteiger partial charge in [0.15, 0.2) is 0 Å². The minimum atomic E-state index is -4.50. The molecule has 2 N–H and O–H groups in total. The van der Waals surface area contributed by atoms with Gasteiger partial charge in [0.25, 0.3) is 5.91 Å². The highest BCUT2D eigenvalue weighted by molar-refractivity contribution is 7.80. The van der Waals surface area contributed by atoms with E-state index in [0.29, 0.717) is 13.0 Å². The summed E-state index contributed by atoms with van der Waals surface area (Å²) in [6.45, 7) is 3.91. The first kappa shape index (κ1) is 17.4. The Hall–Kier alpha value is -1.93. The number of rotatable bonds is 4. The molecule has 0 unspecified atom stereocenters. The molecule has 1 aromatic rings. The lowest BCUT2D eigenvalue weighted by Gasteiger charge is -2.41. The van der Waals surface area contributed by atoms with Crippen LogP contribution in [0, 0.1) is 0 Å². The van der Waals surface area contributed by atoms with Gasteiger partial charge in [0.1, 0.15) is 11.0 Å². The zero-order valence-corrected chi connectivity index (χ0v) is 12.9. The van der Waals surface area contributed by atoms with E-state index in [2.05, 4.69) is 6.58 Å². The Morgan fingerprint density at radius 1 is 1.52 bits per heavy atom. The predicted octanol–water partition coefficient (Wildman–Crippen LogP) is 2.69. The van der Waals surface area contributed by atoms with Crippen LogP contribution in [-0.2, 0) is 17.4 Å². The molecule has 4 nitrogen and oxygen atoms in total. The zero-order chi connectivity index (χ0) is 17.2. The molecule has 0 bridgehead atoms. The van der Waals surface area contributed by atoms with Gasteiger partial charge in [-0.1, -0.05) is 30.4 Å². The van der Waals surface area contributed by atoms with Crippen LogP contribution in [0.2, 0.25) is 0 Å². The van der Waals surface area contributed by atoms with Crippen LogP contribution in [0.25, 0.3) is 0 Å². The van der Waals surface area contributed by atoms with Gasteiger partial charge in [0, 0.05) is 12.1 Å². The highest BCUT2D eigenvalue weighted by Crippen LogP contribution is 2.34. The largest absolute Gasteiger partial charge is 0.416 e. The molecule has 2 rings (SSSR count). The summed E-state index contributed by atoms with van der Waals surface area (Å²) in [5.41, 5.74) is 1.11. The minimum absolute atomic E-state index is 0.0984. The van der Waals surface area contributed by atoms with Crippen LogP contribution < -0.4 is 5.48 Å². The fourth-order valence-corrected chi connectivity index (χ4v) is 2.80. The van der Waals surface area contributed by atoms with Crippen LogP contribution >= 0.6 is 12.2 Å². The topological polar surface area (TPSA) is 52.6 Å². The van der Waals surface area contributed by atoms with Gasteiger partial charge in [-0.2, -0.15) is 13.2 Å². The van der Waals surface area contributed by atoms with Crippen molar-refractivity contribution in [2.24, 2.45) is 0 Å². The van der Waals surface area contributed by atoms with E-state index in [9.17, 15) is 18.0 Å². The van der Waals surface area contributed by atoms with Gasteiger partial charge in [0.2, 0.25) is 0 Å². The smallest absolute Gasteiger partial charge is 0.350 e. The number of hydroxylamine groups is 1. The molecule has 1 aliphatic heterocycles. The van der Waals surface area contributed by atoms with Gasteiger partial charge >= 0.3 is 6.18 Å². The van der Waals surface area contributed by atoms with E-state index in [1.165, 1.54) is 28.6 Å². The lowest BCUT2D eigenvalue weighted by atomic mass is 9.97. The number of nitrogens with one attached hydrogen (secondary N) is 1. The van der Waals surface area contributed by atoms with E-state index in [1.807, 2.05) is 0 Å². The molecule has 23 heavy (non-hydrogen) atoms. The molecule has 0 saturated carbocycles. The molecule has 0 radical (unpaired) electrons. The third kappa shape index (κ3) is 3.53. The maximum atomic E-state index is 13.2. The van der Waals surface area contributed by atoms with Gasteiger partial charge < -0.3 is 4.90 Å². The fraction of sp³-hybridized carbons (Fsp3) is 0.333.